The van der Waals surface area contributed by atoms with Crippen molar-refractivity contribution in [2.45, 2.75) is 69.3 Å². The highest BCUT2D eigenvalue weighted by Gasteiger charge is 2.79. The molecule has 1 aromatic carbocycles. The highest BCUT2D eigenvalue weighted by atomic mass is 19.1. The standard InChI is InChI=1S/C31H32FNO6/c1-28-12-11-19(35)13-18(28)8-9-20-21-14-26-31(25(37)16-34,29(21,2)15-24(36)30(20,28)32)39-27(38-26)23-10-7-17-5-3-4-6-22(17)33-23/h3-7,10-13,20-21,24,26-27,34,36H,8-9,14-16H2,1-2H3/t20-,21-,24-,26+,27?,28-,29-,30-,31+/m0/s1. The zero-order valence-electron chi connectivity index (χ0n) is 22.0. The molecule has 0 spiro atoms. The van der Waals surface area contributed by atoms with Crippen LogP contribution in [-0.2, 0) is 19.1 Å². The Morgan fingerprint density at radius 1 is 1.18 bits per heavy atom. The van der Waals surface area contributed by atoms with Gasteiger partial charge in [-0.05, 0) is 62.8 Å². The summed E-state index contributed by atoms with van der Waals surface area (Å²) in [5.74, 6) is -1.63. The Bertz CT molecular complexity index is 1470. The second-order valence-electron chi connectivity index (χ2n) is 12.3. The monoisotopic (exact) mass is 533 g/mol. The first-order chi connectivity index (χ1) is 18.6. The summed E-state index contributed by atoms with van der Waals surface area (Å²) in [5, 5.41) is 22.7. The molecule has 1 aliphatic heterocycles. The van der Waals surface area contributed by atoms with E-state index < -0.39 is 58.9 Å². The molecule has 7 rings (SSSR count). The van der Waals surface area contributed by atoms with Gasteiger partial charge in [0.05, 0.1) is 23.4 Å². The lowest BCUT2D eigenvalue weighted by molar-refractivity contribution is -0.231. The summed E-state index contributed by atoms with van der Waals surface area (Å²) in [6.45, 7) is 2.89. The van der Waals surface area contributed by atoms with Gasteiger partial charge in [-0.2, -0.15) is 0 Å². The third-order valence-electron chi connectivity index (χ3n) is 10.8. The molecule has 39 heavy (non-hydrogen) atoms. The molecule has 2 aromatic rings. The number of carbonyl (C=O) groups excluding carboxylic acids is 2. The van der Waals surface area contributed by atoms with Crippen LogP contribution in [0.1, 0.15) is 51.5 Å². The van der Waals surface area contributed by atoms with E-state index in [1.165, 1.54) is 12.2 Å². The number of benzene rings is 1. The number of allylic oxidation sites excluding steroid dienone is 4. The predicted octanol–water partition coefficient (Wildman–Crippen LogP) is 3.93. The molecule has 2 heterocycles. The number of ketones is 2. The number of aliphatic hydroxyl groups is 2. The smallest absolute Gasteiger partial charge is 0.202 e. The predicted molar refractivity (Wildman–Crippen MR) is 139 cm³/mol. The van der Waals surface area contributed by atoms with Crippen molar-refractivity contribution in [2.75, 3.05) is 6.61 Å². The van der Waals surface area contributed by atoms with Crippen LogP contribution < -0.4 is 0 Å². The maximum absolute atomic E-state index is 17.5. The fourth-order valence-corrected chi connectivity index (χ4v) is 8.92. The number of pyridine rings is 1. The Hall–Kier alpha value is -2.78. The highest BCUT2D eigenvalue weighted by Crippen LogP contribution is 2.72. The van der Waals surface area contributed by atoms with Crippen LogP contribution in [0.25, 0.3) is 10.9 Å². The molecule has 3 saturated carbocycles. The fourth-order valence-electron chi connectivity index (χ4n) is 8.92. The van der Waals surface area contributed by atoms with E-state index in [-0.39, 0.29) is 18.1 Å². The number of Topliss-reactive ketones (excluding diaryl/α,β-unsaturated/α-hetero) is 1. The Kier molecular flexibility index (Phi) is 5.25. The Labute approximate surface area is 225 Å². The Morgan fingerprint density at radius 2 is 1.97 bits per heavy atom. The zero-order valence-corrected chi connectivity index (χ0v) is 22.0. The number of aliphatic hydroxyl groups excluding tert-OH is 2. The van der Waals surface area contributed by atoms with Gasteiger partial charge in [0.2, 0.25) is 6.29 Å². The normalized spacial score (nSPS) is 44.4. The second-order valence-corrected chi connectivity index (χ2v) is 12.3. The van der Waals surface area contributed by atoms with Crippen LogP contribution in [-0.4, -0.2) is 56.8 Å². The largest absolute Gasteiger partial charge is 0.390 e. The quantitative estimate of drug-likeness (QED) is 0.616. The third kappa shape index (κ3) is 2.98. The van der Waals surface area contributed by atoms with Crippen LogP contribution in [0, 0.1) is 22.7 Å². The molecule has 9 atom stereocenters. The van der Waals surface area contributed by atoms with Gasteiger partial charge in [-0.3, -0.25) is 9.59 Å². The summed E-state index contributed by atoms with van der Waals surface area (Å²) in [6.07, 6.45) is 2.70. The summed E-state index contributed by atoms with van der Waals surface area (Å²) in [7, 11) is 0. The lowest BCUT2D eigenvalue weighted by Crippen LogP contribution is -2.69. The molecule has 5 aliphatic rings. The molecule has 1 saturated heterocycles. The van der Waals surface area contributed by atoms with E-state index in [1.54, 1.807) is 19.1 Å². The van der Waals surface area contributed by atoms with E-state index >= 15 is 4.39 Å². The first-order valence-electron chi connectivity index (χ1n) is 13.7. The number of hydrogen-bond donors (Lipinski definition) is 2. The van der Waals surface area contributed by atoms with E-state index in [4.69, 9.17) is 14.5 Å². The molecule has 4 aliphatic carbocycles. The molecule has 4 fully saturated rings. The number of fused-ring (bicyclic) bond motifs is 8. The van der Waals surface area contributed by atoms with Crippen molar-refractivity contribution in [1.29, 1.82) is 0 Å². The molecular formula is C31H32FNO6. The van der Waals surface area contributed by atoms with Gasteiger partial charge in [-0.15, -0.1) is 0 Å². The van der Waals surface area contributed by atoms with Gasteiger partial charge < -0.3 is 19.7 Å². The number of halogens is 1. The summed E-state index contributed by atoms with van der Waals surface area (Å²) < 4.78 is 30.4. The van der Waals surface area contributed by atoms with E-state index in [1.807, 2.05) is 37.3 Å². The van der Waals surface area contributed by atoms with Crippen molar-refractivity contribution in [3.05, 3.63) is 65.9 Å². The average molecular weight is 534 g/mol. The lowest BCUT2D eigenvalue weighted by Gasteiger charge is -2.62. The minimum absolute atomic E-state index is 0.0429. The van der Waals surface area contributed by atoms with E-state index in [0.29, 0.717) is 30.5 Å². The van der Waals surface area contributed by atoms with Crippen molar-refractivity contribution >= 4 is 22.5 Å². The number of para-hydroxylation sites is 1. The zero-order chi connectivity index (χ0) is 27.4. The summed E-state index contributed by atoms with van der Waals surface area (Å²) in [4.78, 5) is 30.4. The lowest BCUT2D eigenvalue weighted by atomic mass is 9.44. The molecule has 0 bridgehead atoms. The van der Waals surface area contributed by atoms with Crippen molar-refractivity contribution < 1.29 is 33.7 Å². The van der Waals surface area contributed by atoms with Gasteiger partial charge in [0.1, 0.15) is 6.61 Å². The van der Waals surface area contributed by atoms with Gasteiger partial charge in [0.15, 0.2) is 22.8 Å². The van der Waals surface area contributed by atoms with E-state index in [2.05, 4.69) is 0 Å². The minimum Gasteiger partial charge on any atom is -0.390 e. The van der Waals surface area contributed by atoms with Crippen molar-refractivity contribution in [3.63, 3.8) is 0 Å². The number of hydrogen-bond acceptors (Lipinski definition) is 7. The Balaban J connectivity index is 1.30. The molecule has 0 amide bonds. The number of nitrogens with zero attached hydrogens (tertiary/aromatic N) is 1. The van der Waals surface area contributed by atoms with Gasteiger partial charge >= 0.3 is 0 Å². The molecule has 7 nitrogen and oxygen atoms in total. The van der Waals surface area contributed by atoms with Crippen LogP contribution >= 0.6 is 0 Å². The molecule has 204 valence electrons. The van der Waals surface area contributed by atoms with E-state index in [9.17, 15) is 19.8 Å². The molecule has 8 heteroatoms. The maximum atomic E-state index is 17.5. The Morgan fingerprint density at radius 3 is 2.77 bits per heavy atom. The minimum atomic E-state index is -2.03. The molecule has 2 N–H and O–H groups in total. The number of ether oxygens (including phenoxy) is 2. The number of carbonyl (C=O) groups is 2. The first-order valence-corrected chi connectivity index (χ1v) is 13.7. The van der Waals surface area contributed by atoms with Crippen molar-refractivity contribution in [1.82, 2.24) is 4.98 Å². The summed E-state index contributed by atoms with van der Waals surface area (Å²) in [6, 6.07) is 11.4. The number of alkyl halides is 1. The summed E-state index contributed by atoms with van der Waals surface area (Å²) >= 11 is 0. The van der Waals surface area contributed by atoms with Gasteiger partial charge in [0, 0.05) is 22.1 Å². The van der Waals surface area contributed by atoms with Crippen LogP contribution in [0.5, 0.6) is 0 Å². The van der Waals surface area contributed by atoms with Crippen LogP contribution in [0.2, 0.25) is 0 Å². The average Bonchev–Trinajstić information content (AvgIpc) is 3.42. The van der Waals surface area contributed by atoms with Gasteiger partial charge in [0.25, 0.3) is 0 Å². The molecule has 0 radical (unpaired) electrons. The number of aromatic nitrogens is 1. The SMILES string of the molecule is C[C@]12C=CC(=O)C=C1CC[C@H]1[C@@H]3C[C@H]4OC(c5ccc6ccccc6n5)O[C@@]4(C(=O)CO)[C@@]3(C)C[C@H](O)[C@@]12F. The van der Waals surface area contributed by atoms with Gasteiger partial charge in [-0.1, -0.05) is 42.8 Å². The van der Waals surface area contributed by atoms with Crippen LogP contribution in [0.4, 0.5) is 4.39 Å². The van der Waals surface area contributed by atoms with Crippen molar-refractivity contribution in [2.24, 2.45) is 22.7 Å². The van der Waals surface area contributed by atoms with E-state index in [0.717, 1.165) is 10.9 Å². The summed E-state index contributed by atoms with van der Waals surface area (Å²) in [5.41, 5.74) is -3.72. The maximum Gasteiger partial charge on any atom is 0.202 e. The van der Waals surface area contributed by atoms with Crippen LogP contribution in [0.3, 0.4) is 0 Å². The van der Waals surface area contributed by atoms with Crippen molar-refractivity contribution in [3.8, 4) is 0 Å². The molecule has 1 aromatic heterocycles. The third-order valence-corrected chi connectivity index (χ3v) is 10.8. The second kappa shape index (κ2) is 8.13. The highest BCUT2D eigenvalue weighted by molar-refractivity contribution is 6.01. The first kappa shape index (κ1) is 25.2. The van der Waals surface area contributed by atoms with Gasteiger partial charge in [-0.25, -0.2) is 9.37 Å². The molecular weight excluding hydrogens is 501 g/mol. The van der Waals surface area contributed by atoms with Crippen LogP contribution in [0.15, 0.2) is 60.2 Å². The molecule has 1 unspecified atom stereocenters. The topological polar surface area (TPSA) is 106 Å². The number of rotatable bonds is 3. The fraction of sp³-hybridized carbons (Fsp3) is 0.516.